The molecule has 5 heteroatoms. The molecule has 0 atom stereocenters. The zero-order valence-corrected chi connectivity index (χ0v) is 7.37. The van der Waals surface area contributed by atoms with E-state index in [-0.39, 0.29) is 0 Å². The van der Waals surface area contributed by atoms with Crippen molar-refractivity contribution in [3.05, 3.63) is 27.8 Å². The van der Waals surface area contributed by atoms with Gasteiger partial charge in [-0.05, 0) is 13.0 Å². The molecule has 0 aliphatic rings. The SMILES string of the molecule is C/C(=C\c1cnc(=O)[nH]c1N)CN. The molecule has 0 aromatic carbocycles. The van der Waals surface area contributed by atoms with Crippen LogP contribution in [0.4, 0.5) is 5.82 Å². The molecular formula is C8H12N4O. The lowest BCUT2D eigenvalue weighted by Crippen LogP contribution is -2.13. The predicted octanol–water partition coefficient (Wildman–Crippen LogP) is -0.286. The Morgan fingerprint density at radius 2 is 2.46 bits per heavy atom. The van der Waals surface area contributed by atoms with Gasteiger partial charge in [0.05, 0.1) is 0 Å². The van der Waals surface area contributed by atoms with Gasteiger partial charge in [0.15, 0.2) is 0 Å². The average molecular weight is 180 g/mol. The summed E-state index contributed by atoms with van der Waals surface area (Å²) in [5.41, 5.74) is 12.2. The zero-order chi connectivity index (χ0) is 9.84. The summed E-state index contributed by atoms with van der Waals surface area (Å²) >= 11 is 0. The molecule has 0 fully saturated rings. The van der Waals surface area contributed by atoms with E-state index >= 15 is 0 Å². The van der Waals surface area contributed by atoms with Gasteiger partial charge in [-0.25, -0.2) is 9.78 Å². The third kappa shape index (κ3) is 2.41. The zero-order valence-electron chi connectivity index (χ0n) is 7.37. The summed E-state index contributed by atoms with van der Waals surface area (Å²) in [7, 11) is 0. The Bertz CT molecular complexity index is 380. The minimum atomic E-state index is -0.444. The lowest BCUT2D eigenvalue weighted by atomic mass is 10.2. The van der Waals surface area contributed by atoms with Crippen molar-refractivity contribution in [1.82, 2.24) is 9.97 Å². The molecule has 1 heterocycles. The topological polar surface area (TPSA) is 97.8 Å². The highest BCUT2D eigenvalue weighted by atomic mass is 16.1. The van der Waals surface area contributed by atoms with Gasteiger partial charge in [-0.2, -0.15) is 0 Å². The maximum Gasteiger partial charge on any atom is 0.346 e. The smallest absolute Gasteiger partial charge is 0.346 e. The summed E-state index contributed by atoms with van der Waals surface area (Å²) in [6, 6.07) is 0. The molecule has 0 radical (unpaired) electrons. The standard InChI is InChI=1S/C8H12N4O/c1-5(3-9)2-6-4-11-8(13)12-7(6)10/h2,4H,3,9H2,1H3,(H3,10,11,12,13)/b5-2+. The molecule has 0 amide bonds. The number of H-pyrrole nitrogens is 1. The van der Waals surface area contributed by atoms with Crippen LogP contribution in [0.2, 0.25) is 0 Å². The summed E-state index contributed by atoms with van der Waals surface area (Å²) in [5.74, 6) is 0.313. The number of aromatic amines is 1. The minimum absolute atomic E-state index is 0.313. The molecule has 0 spiro atoms. The fourth-order valence-electron chi connectivity index (χ4n) is 0.857. The van der Waals surface area contributed by atoms with Gasteiger partial charge in [0, 0.05) is 18.3 Å². The number of nitrogen functional groups attached to an aromatic ring is 1. The second-order valence-corrected chi connectivity index (χ2v) is 2.75. The van der Waals surface area contributed by atoms with E-state index in [1.165, 1.54) is 6.20 Å². The van der Waals surface area contributed by atoms with Crippen LogP contribution in [0.3, 0.4) is 0 Å². The third-order valence-electron chi connectivity index (χ3n) is 1.60. The first kappa shape index (κ1) is 9.47. The van der Waals surface area contributed by atoms with Crippen molar-refractivity contribution in [3.8, 4) is 0 Å². The van der Waals surface area contributed by atoms with Gasteiger partial charge in [-0.3, -0.25) is 4.98 Å². The molecule has 70 valence electrons. The molecule has 0 aliphatic heterocycles. The number of aromatic nitrogens is 2. The molecule has 0 saturated heterocycles. The van der Waals surface area contributed by atoms with Crippen molar-refractivity contribution >= 4 is 11.9 Å². The Labute approximate surface area is 75.5 Å². The van der Waals surface area contributed by atoms with Crippen LogP contribution in [0.25, 0.3) is 6.08 Å². The molecule has 0 bridgehead atoms. The molecule has 5 N–H and O–H groups in total. The number of hydrogen-bond acceptors (Lipinski definition) is 4. The van der Waals surface area contributed by atoms with Crippen molar-refractivity contribution in [2.24, 2.45) is 5.73 Å². The van der Waals surface area contributed by atoms with Crippen molar-refractivity contribution < 1.29 is 0 Å². The van der Waals surface area contributed by atoms with Crippen LogP contribution in [0.1, 0.15) is 12.5 Å². The monoisotopic (exact) mass is 180 g/mol. The summed E-state index contributed by atoms with van der Waals surface area (Å²) < 4.78 is 0. The molecule has 1 rings (SSSR count). The van der Waals surface area contributed by atoms with E-state index in [0.29, 0.717) is 17.9 Å². The van der Waals surface area contributed by atoms with Gasteiger partial charge in [-0.15, -0.1) is 0 Å². The molecular weight excluding hydrogens is 168 g/mol. The predicted molar refractivity (Wildman–Crippen MR) is 52.0 cm³/mol. The fourth-order valence-corrected chi connectivity index (χ4v) is 0.857. The number of hydrogen-bond donors (Lipinski definition) is 3. The highest BCUT2D eigenvalue weighted by Gasteiger charge is 1.97. The Kier molecular flexibility index (Phi) is 2.81. The first-order valence-electron chi connectivity index (χ1n) is 3.85. The maximum absolute atomic E-state index is 10.7. The average Bonchev–Trinajstić information content (AvgIpc) is 2.09. The second kappa shape index (κ2) is 3.86. The number of nitrogens with one attached hydrogen (secondary N) is 1. The first-order chi connectivity index (χ1) is 6.13. The molecule has 0 saturated carbocycles. The van der Waals surface area contributed by atoms with Crippen molar-refractivity contribution in [1.29, 1.82) is 0 Å². The van der Waals surface area contributed by atoms with E-state index in [4.69, 9.17) is 11.5 Å². The van der Waals surface area contributed by atoms with Gasteiger partial charge in [-0.1, -0.05) is 5.57 Å². The Balaban J connectivity index is 3.10. The number of nitrogens with two attached hydrogens (primary N) is 2. The minimum Gasteiger partial charge on any atom is -0.385 e. The van der Waals surface area contributed by atoms with Crippen molar-refractivity contribution in [2.75, 3.05) is 12.3 Å². The summed E-state index contributed by atoms with van der Waals surface area (Å²) in [5, 5.41) is 0. The summed E-state index contributed by atoms with van der Waals surface area (Å²) in [6.45, 7) is 2.34. The van der Waals surface area contributed by atoms with Crippen LogP contribution in [0.15, 0.2) is 16.6 Å². The van der Waals surface area contributed by atoms with Crippen LogP contribution in [-0.4, -0.2) is 16.5 Å². The van der Waals surface area contributed by atoms with Gasteiger partial charge >= 0.3 is 5.69 Å². The van der Waals surface area contributed by atoms with Gasteiger partial charge in [0.25, 0.3) is 0 Å². The molecule has 13 heavy (non-hydrogen) atoms. The number of anilines is 1. The molecule has 1 aromatic heterocycles. The first-order valence-corrected chi connectivity index (χ1v) is 3.85. The van der Waals surface area contributed by atoms with Crippen LogP contribution in [-0.2, 0) is 0 Å². The summed E-state index contributed by atoms with van der Waals surface area (Å²) in [6.07, 6.45) is 3.21. The second-order valence-electron chi connectivity index (χ2n) is 2.75. The summed E-state index contributed by atoms with van der Waals surface area (Å²) in [4.78, 5) is 16.7. The van der Waals surface area contributed by atoms with E-state index in [0.717, 1.165) is 5.57 Å². The van der Waals surface area contributed by atoms with E-state index in [1.807, 2.05) is 6.92 Å². The van der Waals surface area contributed by atoms with E-state index < -0.39 is 5.69 Å². The van der Waals surface area contributed by atoms with E-state index in [2.05, 4.69) is 9.97 Å². The Hall–Kier alpha value is -1.62. The fraction of sp³-hybridized carbons (Fsp3) is 0.250. The van der Waals surface area contributed by atoms with Crippen LogP contribution in [0, 0.1) is 0 Å². The lowest BCUT2D eigenvalue weighted by molar-refractivity contribution is 1.07. The Morgan fingerprint density at radius 3 is 3.00 bits per heavy atom. The normalized spacial score (nSPS) is 11.7. The van der Waals surface area contributed by atoms with Crippen LogP contribution in [0.5, 0.6) is 0 Å². The lowest BCUT2D eigenvalue weighted by Gasteiger charge is -1.99. The van der Waals surface area contributed by atoms with Gasteiger partial charge in [0.2, 0.25) is 0 Å². The Morgan fingerprint density at radius 1 is 1.77 bits per heavy atom. The largest absolute Gasteiger partial charge is 0.385 e. The van der Waals surface area contributed by atoms with E-state index in [1.54, 1.807) is 6.08 Å². The van der Waals surface area contributed by atoms with Crippen molar-refractivity contribution in [2.45, 2.75) is 6.92 Å². The number of rotatable bonds is 2. The highest BCUT2D eigenvalue weighted by molar-refractivity contribution is 5.61. The number of nitrogens with zero attached hydrogens (tertiary/aromatic N) is 1. The highest BCUT2D eigenvalue weighted by Crippen LogP contribution is 2.08. The molecule has 0 unspecified atom stereocenters. The van der Waals surface area contributed by atoms with Crippen LogP contribution >= 0.6 is 0 Å². The third-order valence-corrected chi connectivity index (χ3v) is 1.60. The van der Waals surface area contributed by atoms with Crippen molar-refractivity contribution in [3.63, 3.8) is 0 Å². The van der Waals surface area contributed by atoms with Gasteiger partial charge < -0.3 is 11.5 Å². The van der Waals surface area contributed by atoms with Gasteiger partial charge in [0.1, 0.15) is 5.82 Å². The molecule has 1 aromatic rings. The molecule has 0 aliphatic carbocycles. The molecule has 5 nitrogen and oxygen atoms in total. The quantitative estimate of drug-likeness (QED) is 0.582. The van der Waals surface area contributed by atoms with Crippen LogP contribution < -0.4 is 17.2 Å². The van der Waals surface area contributed by atoms with E-state index in [9.17, 15) is 4.79 Å². The maximum atomic E-state index is 10.7.